The Morgan fingerprint density at radius 3 is 1.65 bits per heavy atom. The van der Waals surface area contributed by atoms with Crippen LogP contribution in [0.4, 0.5) is 8.78 Å². The molecule has 0 rings (SSSR count). The highest BCUT2D eigenvalue weighted by Gasteiger charge is 2.42. The normalized spacial score (nSPS) is 11.9. The second-order valence-electron chi connectivity index (χ2n) is 4.84. The van der Waals surface area contributed by atoms with Gasteiger partial charge in [-0.25, -0.2) is 0 Å². The Kier molecular flexibility index (Phi) is 13.7. The molecule has 0 bridgehead atoms. The van der Waals surface area contributed by atoms with E-state index >= 15 is 0 Å². The van der Waals surface area contributed by atoms with Gasteiger partial charge in [0.2, 0.25) is 0 Å². The summed E-state index contributed by atoms with van der Waals surface area (Å²) in [6.45, 7) is 2.12. The van der Waals surface area contributed by atoms with Crippen LogP contribution in [0.15, 0.2) is 0 Å². The van der Waals surface area contributed by atoms with E-state index in [1.807, 2.05) is 14.1 Å². The van der Waals surface area contributed by atoms with Crippen LogP contribution in [0.25, 0.3) is 0 Å². The largest absolute Gasteiger partial charge is 0.370 e. The van der Waals surface area contributed by atoms with Gasteiger partial charge in [-0.15, -0.1) is 0 Å². The minimum Gasteiger partial charge on any atom is -0.323 e. The lowest BCUT2D eigenvalue weighted by molar-refractivity contribution is 0.0683. The van der Waals surface area contributed by atoms with E-state index in [1.54, 1.807) is 0 Å². The molecule has 0 atom stereocenters. The number of nitrogens with one attached hydrogen (secondary N) is 1. The van der Waals surface area contributed by atoms with Gasteiger partial charge in [0.05, 0.1) is 0 Å². The molecule has 0 aliphatic heterocycles. The summed E-state index contributed by atoms with van der Waals surface area (Å²) in [7, 11) is -1.49. The molecular weight excluding hydrogens is 288 g/mol. The Balaban J connectivity index is 0. The number of halogens is 2. The van der Waals surface area contributed by atoms with Crippen LogP contribution in [0.5, 0.6) is 0 Å². The SMILES string of the molecule is CCCCCCCCCCC(F)(F)S(=O)(=O)O.CNC. The van der Waals surface area contributed by atoms with Crippen molar-refractivity contribution in [3.8, 4) is 0 Å². The molecule has 0 aliphatic rings. The molecule has 4 nitrogen and oxygen atoms in total. The van der Waals surface area contributed by atoms with Gasteiger partial charge in [-0.1, -0.05) is 51.9 Å². The number of hydrogen-bond donors (Lipinski definition) is 2. The molecule has 124 valence electrons. The molecule has 2 N–H and O–H groups in total. The fourth-order valence-corrected chi connectivity index (χ4v) is 2.00. The van der Waals surface area contributed by atoms with E-state index < -0.39 is 21.8 Å². The summed E-state index contributed by atoms with van der Waals surface area (Å²) in [4.78, 5) is 0. The van der Waals surface area contributed by atoms with Crippen molar-refractivity contribution in [1.29, 1.82) is 0 Å². The van der Waals surface area contributed by atoms with E-state index in [4.69, 9.17) is 4.55 Å². The summed E-state index contributed by atoms with van der Waals surface area (Å²) in [5, 5.41) is -1.24. The molecule has 20 heavy (non-hydrogen) atoms. The molecule has 0 aromatic rings. The highest BCUT2D eigenvalue weighted by Crippen LogP contribution is 2.27. The average Bonchev–Trinajstić information content (AvgIpc) is 2.32. The Morgan fingerprint density at radius 2 is 1.30 bits per heavy atom. The molecule has 0 aromatic carbocycles. The lowest BCUT2D eigenvalue weighted by Crippen LogP contribution is -2.27. The quantitative estimate of drug-likeness (QED) is 0.474. The van der Waals surface area contributed by atoms with Gasteiger partial charge < -0.3 is 5.32 Å². The molecule has 7 heteroatoms. The smallest absolute Gasteiger partial charge is 0.323 e. The van der Waals surface area contributed by atoms with E-state index in [2.05, 4.69) is 12.2 Å². The Hall–Kier alpha value is -0.270. The van der Waals surface area contributed by atoms with Gasteiger partial charge in [0.1, 0.15) is 0 Å². The molecule has 0 fully saturated rings. The molecule has 0 radical (unpaired) electrons. The molecule has 0 saturated carbocycles. The van der Waals surface area contributed by atoms with Gasteiger partial charge in [-0.2, -0.15) is 17.2 Å². The molecule has 0 aliphatic carbocycles. The maximum atomic E-state index is 12.8. The van der Waals surface area contributed by atoms with Crippen molar-refractivity contribution in [3.05, 3.63) is 0 Å². The van der Waals surface area contributed by atoms with Crippen molar-refractivity contribution in [1.82, 2.24) is 5.32 Å². The van der Waals surface area contributed by atoms with Crippen LogP contribution >= 0.6 is 0 Å². The van der Waals surface area contributed by atoms with Crippen molar-refractivity contribution in [2.75, 3.05) is 14.1 Å². The molecule has 0 saturated heterocycles. The third kappa shape index (κ3) is 12.7. The monoisotopic (exact) mass is 317 g/mol. The molecule has 0 spiro atoms. The molecule has 0 unspecified atom stereocenters. The standard InChI is InChI=1S/C11H22F2O3S.C2H7N/c1-2-3-4-5-6-7-8-9-10-11(12,13)17(14,15)16;1-3-2/h2-10H2,1H3,(H,14,15,16);3H,1-2H3. The van der Waals surface area contributed by atoms with E-state index in [-0.39, 0.29) is 6.42 Å². The summed E-state index contributed by atoms with van der Waals surface area (Å²) >= 11 is 0. The van der Waals surface area contributed by atoms with E-state index in [9.17, 15) is 17.2 Å². The second kappa shape index (κ2) is 12.5. The molecule has 0 amide bonds. The van der Waals surface area contributed by atoms with Gasteiger partial charge in [-0.3, -0.25) is 4.55 Å². The minimum absolute atomic E-state index is 0.126. The Labute approximate surface area is 122 Å². The van der Waals surface area contributed by atoms with E-state index in [0.717, 1.165) is 25.7 Å². The zero-order valence-corrected chi connectivity index (χ0v) is 13.6. The second-order valence-corrected chi connectivity index (χ2v) is 6.38. The van der Waals surface area contributed by atoms with Crippen molar-refractivity contribution < 1.29 is 21.8 Å². The summed E-state index contributed by atoms with van der Waals surface area (Å²) < 4.78 is 54.4. The van der Waals surface area contributed by atoms with Crippen molar-refractivity contribution in [3.63, 3.8) is 0 Å². The average molecular weight is 317 g/mol. The van der Waals surface area contributed by atoms with Gasteiger partial charge in [-0.05, 0) is 20.5 Å². The van der Waals surface area contributed by atoms with Gasteiger partial charge in [0.15, 0.2) is 0 Å². The number of unbranched alkanes of at least 4 members (excludes halogenated alkanes) is 7. The lowest BCUT2D eigenvalue weighted by Gasteiger charge is -2.12. The van der Waals surface area contributed by atoms with Crippen LogP contribution in [0.3, 0.4) is 0 Å². The lowest BCUT2D eigenvalue weighted by atomic mass is 10.1. The third-order valence-electron chi connectivity index (χ3n) is 2.70. The van der Waals surface area contributed by atoms with E-state index in [0.29, 0.717) is 6.42 Å². The summed E-state index contributed by atoms with van der Waals surface area (Å²) in [6.07, 6.45) is 6.38. The number of alkyl halides is 2. The predicted molar refractivity (Wildman–Crippen MR) is 78.7 cm³/mol. The van der Waals surface area contributed by atoms with E-state index in [1.165, 1.54) is 12.8 Å². The van der Waals surface area contributed by atoms with Crippen LogP contribution in [0, 0.1) is 0 Å². The summed E-state index contributed by atoms with van der Waals surface area (Å²) in [5.74, 6) is 0. The van der Waals surface area contributed by atoms with Crippen LogP contribution < -0.4 is 5.32 Å². The molecular formula is C13H29F2NO3S. The van der Waals surface area contributed by atoms with Gasteiger partial charge in [0.25, 0.3) is 0 Å². The summed E-state index contributed by atoms with van der Waals surface area (Å²) in [5.41, 5.74) is 0. The van der Waals surface area contributed by atoms with Crippen molar-refractivity contribution >= 4 is 10.1 Å². The Bertz CT molecular complexity index is 309. The number of rotatable bonds is 10. The molecule has 0 heterocycles. The van der Waals surface area contributed by atoms with Crippen LogP contribution in [0.1, 0.15) is 64.7 Å². The van der Waals surface area contributed by atoms with Crippen molar-refractivity contribution in [2.45, 2.75) is 70.0 Å². The highest BCUT2D eigenvalue weighted by molar-refractivity contribution is 7.86. The van der Waals surface area contributed by atoms with Crippen molar-refractivity contribution in [2.24, 2.45) is 0 Å². The van der Waals surface area contributed by atoms with Gasteiger partial charge in [0, 0.05) is 6.42 Å². The maximum Gasteiger partial charge on any atom is 0.370 e. The first-order chi connectivity index (χ1) is 9.22. The highest BCUT2D eigenvalue weighted by atomic mass is 32.2. The third-order valence-corrected chi connectivity index (χ3v) is 3.66. The fourth-order valence-electron chi connectivity index (χ4n) is 1.59. The molecule has 0 aromatic heterocycles. The Morgan fingerprint density at radius 1 is 0.950 bits per heavy atom. The predicted octanol–water partition coefficient (Wildman–Crippen LogP) is 3.83. The van der Waals surface area contributed by atoms with Crippen LogP contribution in [-0.2, 0) is 10.1 Å². The van der Waals surface area contributed by atoms with Gasteiger partial charge >= 0.3 is 15.4 Å². The fraction of sp³-hybridized carbons (Fsp3) is 1.00. The minimum atomic E-state index is -5.24. The van der Waals surface area contributed by atoms with Crippen LogP contribution in [-0.4, -0.2) is 32.3 Å². The summed E-state index contributed by atoms with van der Waals surface area (Å²) in [6, 6.07) is 0. The zero-order chi connectivity index (χ0) is 16.1. The number of hydrogen-bond acceptors (Lipinski definition) is 3. The first-order valence-electron chi connectivity index (χ1n) is 7.16. The van der Waals surface area contributed by atoms with Crippen LogP contribution in [0.2, 0.25) is 0 Å². The maximum absolute atomic E-state index is 12.8. The zero-order valence-electron chi connectivity index (χ0n) is 12.8. The first kappa shape index (κ1) is 22.0. The first-order valence-corrected chi connectivity index (χ1v) is 8.60. The topological polar surface area (TPSA) is 66.4 Å².